The Bertz CT molecular complexity index is 362. The smallest absolute Gasteiger partial charge is 0.251 e. The number of methoxy groups -OCH3 is 2. The maximum Gasteiger partial charge on any atom is 0.251 e. The van der Waals surface area contributed by atoms with Crippen LogP contribution in [0.5, 0.6) is 0 Å². The van der Waals surface area contributed by atoms with Crippen LogP contribution < -0.4 is 0 Å². The predicted octanol–water partition coefficient (Wildman–Crippen LogP) is 0.376. The zero-order chi connectivity index (χ0) is 17.4. The minimum Gasteiger partial charge on any atom is -0.383 e. The summed E-state index contributed by atoms with van der Waals surface area (Å²) in [6.45, 7) is 7.75. The molecule has 0 aromatic carbocycles. The molecule has 1 amide bonds. The Kier molecular flexibility index (Phi) is 8.41. The van der Waals surface area contributed by atoms with Crippen LogP contribution in [-0.2, 0) is 23.7 Å². The second kappa shape index (κ2) is 10.3. The highest BCUT2D eigenvalue weighted by Crippen LogP contribution is 2.18. The van der Waals surface area contributed by atoms with Gasteiger partial charge in [-0.05, 0) is 19.8 Å². The fourth-order valence-corrected chi connectivity index (χ4v) is 3.12. The molecule has 2 heterocycles. The summed E-state index contributed by atoms with van der Waals surface area (Å²) in [5.41, 5.74) is 0. The van der Waals surface area contributed by atoms with Crippen LogP contribution >= 0.6 is 0 Å². The van der Waals surface area contributed by atoms with Gasteiger partial charge in [-0.2, -0.15) is 0 Å². The molecule has 2 rings (SSSR count). The van der Waals surface area contributed by atoms with Gasteiger partial charge in [-0.3, -0.25) is 9.69 Å². The molecule has 0 bridgehead atoms. The van der Waals surface area contributed by atoms with Crippen molar-refractivity contribution in [2.24, 2.45) is 0 Å². The SMILES string of the molecule is COCCN(CCOC)C1CN(C(=O)C(C)OCC2CCCO2)C1. The first-order chi connectivity index (χ1) is 11.7. The summed E-state index contributed by atoms with van der Waals surface area (Å²) in [5, 5.41) is 0. The molecule has 0 radical (unpaired) electrons. The Hall–Kier alpha value is -0.730. The van der Waals surface area contributed by atoms with Crippen LogP contribution in [0.1, 0.15) is 19.8 Å². The number of carbonyl (C=O) groups is 1. The third-order valence-electron chi connectivity index (χ3n) is 4.76. The van der Waals surface area contributed by atoms with Crippen LogP contribution in [0, 0.1) is 0 Å². The van der Waals surface area contributed by atoms with Gasteiger partial charge in [0.2, 0.25) is 0 Å². The summed E-state index contributed by atoms with van der Waals surface area (Å²) >= 11 is 0. The lowest BCUT2D eigenvalue weighted by Gasteiger charge is -2.46. The van der Waals surface area contributed by atoms with Gasteiger partial charge in [0.25, 0.3) is 5.91 Å². The first-order valence-electron chi connectivity index (χ1n) is 8.89. The summed E-state index contributed by atoms with van der Waals surface area (Å²) < 4.78 is 21.6. The molecule has 0 aliphatic carbocycles. The molecule has 7 heteroatoms. The Morgan fingerprint density at radius 3 is 2.46 bits per heavy atom. The summed E-state index contributed by atoms with van der Waals surface area (Å²) in [7, 11) is 3.41. The Balaban J connectivity index is 1.69. The molecule has 2 aliphatic heterocycles. The minimum atomic E-state index is -0.401. The van der Waals surface area contributed by atoms with Gasteiger partial charge >= 0.3 is 0 Å². The Morgan fingerprint density at radius 1 is 1.25 bits per heavy atom. The number of nitrogens with zero attached hydrogens (tertiary/aromatic N) is 2. The van der Waals surface area contributed by atoms with Crippen molar-refractivity contribution < 1.29 is 23.7 Å². The molecule has 0 N–H and O–H groups in total. The fraction of sp³-hybridized carbons (Fsp3) is 0.941. The number of hydrogen-bond donors (Lipinski definition) is 0. The van der Waals surface area contributed by atoms with Crippen molar-refractivity contribution in [1.82, 2.24) is 9.80 Å². The second-order valence-electron chi connectivity index (χ2n) is 6.53. The molecule has 7 nitrogen and oxygen atoms in total. The lowest BCUT2D eigenvalue weighted by atomic mass is 10.1. The monoisotopic (exact) mass is 344 g/mol. The summed E-state index contributed by atoms with van der Waals surface area (Å²) in [4.78, 5) is 16.6. The van der Waals surface area contributed by atoms with Crippen molar-refractivity contribution in [3.63, 3.8) is 0 Å². The molecular formula is C17H32N2O5. The van der Waals surface area contributed by atoms with Crippen molar-refractivity contribution >= 4 is 5.91 Å². The molecule has 2 aliphatic rings. The van der Waals surface area contributed by atoms with Gasteiger partial charge < -0.3 is 23.8 Å². The van der Waals surface area contributed by atoms with Crippen molar-refractivity contribution in [3.05, 3.63) is 0 Å². The lowest BCUT2D eigenvalue weighted by molar-refractivity contribution is -0.152. The Labute approximate surface area is 145 Å². The van der Waals surface area contributed by atoms with E-state index in [9.17, 15) is 4.79 Å². The lowest BCUT2D eigenvalue weighted by Crippen LogP contribution is -2.63. The summed E-state index contributed by atoms with van der Waals surface area (Å²) in [5.74, 6) is 0.0719. The van der Waals surface area contributed by atoms with E-state index in [0.29, 0.717) is 25.9 Å². The van der Waals surface area contributed by atoms with Gasteiger partial charge in [0.15, 0.2) is 0 Å². The van der Waals surface area contributed by atoms with Gasteiger partial charge in [0.1, 0.15) is 6.10 Å². The molecular weight excluding hydrogens is 312 g/mol. The van der Waals surface area contributed by atoms with E-state index in [2.05, 4.69) is 4.90 Å². The van der Waals surface area contributed by atoms with E-state index < -0.39 is 6.10 Å². The van der Waals surface area contributed by atoms with Crippen molar-refractivity contribution in [2.45, 2.75) is 38.0 Å². The highest BCUT2D eigenvalue weighted by atomic mass is 16.5. The number of likely N-dealkylation sites (tertiary alicyclic amines) is 1. The number of rotatable bonds is 11. The van der Waals surface area contributed by atoms with Gasteiger partial charge in [0.05, 0.1) is 25.9 Å². The molecule has 0 aromatic rings. The summed E-state index contributed by atoms with van der Waals surface area (Å²) in [6.07, 6.45) is 1.87. The van der Waals surface area contributed by atoms with Crippen LogP contribution in [0.15, 0.2) is 0 Å². The van der Waals surface area contributed by atoms with Gasteiger partial charge in [0, 0.05) is 53.0 Å². The predicted molar refractivity (Wildman–Crippen MR) is 90.1 cm³/mol. The average molecular weight is 344 g/mol. The molecule has 140 valence electrons. The fourth-order valence-electron chi connectivity index (χ4n) is 3.12. The molecule has 0 saturated carbocycles. The van der Waals surface area contributed by atoms with E-state index in [1.54, 1.807) is 14.2 Å². The van der Waals surface area contributed by atoms with E-state index in [0.717, 1.165) is 45.6 Å². The molecule has 0 aromatic heterocycles. The summed E-state index contributed by atoms with van der Waals surface area (Å²) in [6, 6.07) is 0.379. The second-order valence-corrected chi connectivity index (χ2v) is 6.53. The largest absolute Gasteiger partial charge is 0.383 e. The van der Waals surface area contributed by atoms with Crippen LogP contribution in [0.25, 0.3) is 0 Å². The average Bonchev–Trinajstić information content (AvgIpc) is 3.06. The maximum atomic E-state index is 12.4. The Morgan fingerprint density at radius 2 is 1.92 bits per heavy atom. The highest BCUT2D eigenvalue weighted by molar-refractivity contribution is 5.81. The number of carbonyl (C=O) groups excluding carboxylic acids is 1. The van der Waals surface area contributed by atoms with E-state index in [1.165, 1.54) is 0 Å². The number of ether oxygens (including phenoxy) is 4. The van der Waals surface area contributed by atoms with Crippen molar-refractivity contribution in [1.29, 1.82) is 0 Å². The quantitative estimate of drug-likeness (QED) is 0.540. The molecule has 24 heavy (non-hydrogen) atoms. The minimum absolute atomic E-state index is 0.0719. The van der Waals surface area contributed by atoms with E-state index >= 15 is 0 Å². The number of amides is 1. The normalized spacial score (nSPS) is 22.8. The molecule has 2 atom stereocenters. The van der Waals surface area contributed by atoms with Crippen LogP contribution in [0.4, 0.5) is 0 Å². The topological polar surface area (TPSA) is 60.5 Å². The molecule has 2 saturated heterocycles. The van der Waals surface area contributed by atoms with Crippen LogP contribution in [-0.4, -0.2) is 101 Å². The highest BCUT2D eigenvalue weighted by Gasteiger charge is 2.36. The van der Waals surface area contributed by atoms with E-state index in [1.807, 2.05) is 11.8 Å². The third kappa shape index (κ3) is 5.67. The van der Waals surface area contributed by atoms with Crippen LogP contribution in [0.2, 0.25) is 0 Å². The molecule has 2 fully saturated rings. The zero-order valence-electron chi connectivity index (χ0n) is 15.2. The van der Waals surface area contributed by atoms with Crippen LogP contribution in [0.3, 0.4) is 0 Å². The van der Waals surface area contributed by atoms with E-state index in [-0.39, 0.29) is 12.0 Å². The van der Waals surface area contributed by atoms with Crippen molar-refractivity contribution in [2.75, 3.05) is 66.8 Å². The van der Waals surface area contributed by atoms with Crippen molar-refractivity contribution in [3.8, 4) is 0 Å². The van der Waals surface area contributed by atoms with Gasteiger partial charge in [-0.1, -0.05) is 0 Å². The first-order valence-corrected chi connectivity index (χ1v) is 8.89. The van der Waals surface area contributed by atoms with E-state index in [4.69, 9.17) is 18.9 Å². The standard InChI is InChI=1S/C17H32N2O5/c1-14(24-13-16-5-4-8-23-16)17(20)19-11-15(12-19)18(6-9-21-2)7-10-22-3/h14-16H,4-13H2,1-3H3. The van der Waals surface area contributed by atoms with Gasteiger partial charge in [-0.15, -0.1) is 0 Å². The third-order valence-corrected chi connectivity index (χ3v) is 4.76. The molecule has 2 unspecified atom stereocenters. The van der Waals surface area contributed by atoms with Gasteiger partial charge in [-0.25, -0.2) is 0 Å². The first kappa shape index (κ1) is 19.6. The molecule has 0 spiro atoms. The number of hydrogen-bond acceptors (Lipinski definition) is 6. The zero-order valence-corrected chi connectivity index (χ0v) is 15.2. The maximum absolute atomic E-state index is 12.4.